The van der Waals surface area contributed by atoms with E-state index in [-0.39, 0.29) is 11.4 Å². The Morgan fingerprint density at radius 1 is 1.69 bits per heavy atom. The lowest BCUT2D eigenvalue weighted by Gasteiger charge is -2.01. The quantitative estimate of drug-likeness (QED) is 0.743. The van der Waals surface area contributed by atoms with E-state index in [4.69, 9.17) is 16.3 Å². The van der Waals surface area contributed by atoms with Crippen molar-refractivity contribution in [3.8, 4) is 0 Å². The molecule has 0 fully saturated rings. The lowest BCUT2D eigenvalue weighted by Crippen LogP contribution is -2.13. The molecular weight excluding hydrogens is 192 g/mol. The maximum Gasteiger partial charge on any atom is 0.251 e. The van der Waals surface area contributed by atoms with E-state index in [9.17, 15) is 4.79 Å². The summed E-state index contributed by atoms with van der Waals surface area (Å²) in [5.41, 5.74) is 0.375. The molecular formula is C8H11ClN2O2. The minimum atomic E-state index is -0.194. The van der Waals surface area contributed by atoms with Crippen molar-refractivity contribution >= 4 is 11.6 Å². The highest BCUT2D eigenvalue weighted by atomic mass is 35.5. The fourth-order valence-corrected chi connectivity index (χ4v) is 1.04. The van der Waals surface area contributed by atoms with Gasteiger partial charge in [-0.15, -0.1) is 11.6 Å². The number of hydrogen-bond donors (Lipinski definition) is 1. The van der Waals surface area contributed by atoms with Gasteiger partial charge < -0.3 is 9.72 Å². The van der Waals surface area contributed by atoms with Gasteiger partial charge in [0.25, 0.3) is 5.56 Å². The molecule has 13 heavy (non-hydrogen) atoms. The van der Waals surface area contributed by atoms with Gasteiger partial charge in [-0.25, -0.2) is 4.98 Å². The van der Waals surface area contributed by atoms with Gasteiger partial charge in [-0.05, 0) is 6.92 Å². The molecule has 0 amide bonds. The molecule has 0 unspecified atom stereocenters. The fraction of sp³-hybridized carbons (Fsp3) is 0.500. The molecule has 4 nitrogen and oxygen atoms in total. The van der Waals surface area contributed by atoms with Crippen LogP contribution in [0.5, 0.6) is 0 Å². The van der Waals surface area contributed by atoms with Gasteiger partial charge >= 0.3 is 0 Å². The number of halogens is 1. The van der Waals surface area contributed by atoms with Gasteiger partial charge in [0.1, 0.15) is 12.4 Å². The smallest absolute Gasteiger partial charge is 0.251 e. The highest BCUT2D eigenvalue weighted by Crippen LogP contribution is 1.97. The third-order valence-corrected chi connectivity index (χ3v) is 1.70. The van der Waals surface area contributed by atoms with Crippen molar-refractivity contribution in [2.75, 3.05) is 6.61 Å². The average molecular weight is 203 g/mol. The molecule has 1 aromatic heterocycles. The summed E-state index contributed by atoms with van der Waals surface area (Å²) in [7, 11) is 0. The number of ether oxygens (including phenoxy) is 1. The maximum absolute atomic E-state index is 11.0. The van der Waals surface area contributed by atoms with Crippen LogP contribution >= 0.6 is 11.6 Å². The Morgan fingerprint density at radius 2 is 2.46 bits per heavy atom. The highest BCUT2D eigenvalue weighted by molar-refractivity contribution is 6.16. The summed E-state index contributed by atoms with van der Waals surface area (Å²) < 4.78 is 5.10. The van der Waals surface area contributed by atoms with Crippen LogP contribution < -0.4 is 5.56 Å². The van der Waals surface area contributed by atoms with Gasteiger partial charge in [-0.3, -0.25) is 4.79 Å². The zero-order valence-corrected chi connectivity index (χ0v) is 8.10. The van der Waals surface area contributed by atoms with Gasteiger partial charge in [-0.2, -0.15) is 0 Å². The Hall–Kier alpha value is -0.870. The number of hydrogen-bond acceptors (Lipinski definition) is 3. The van der Waals surface area contributed by atoms with Crippen molar-refractivity contribution in [1.82, 2.24) is 9.97 Å². The van der Waals surface area contributed by atoms with Crippen molar-refractivity contribution in [3.63, 3.8) is 0 Å². The minimum Gasteiger partial charge on any atom is -0.374 e. The number of nitrogens with one attached hydrogen (secondary N) is 1. The number of aromatic nitrogens is 2. The molecule has 1 heterocycles. The molecule has 0 aliphatic carbocycles. The minimum absolute atomic E-state index is 0.194. The van der Waals surface area contributed by atoms with E-state index in [1.54, 1.807) is 0 Å². The molecule has 1 N–H and O–H groups in total. The molecule has 0 bridgehead atoms. The standard InChI is InChI=1S/C8H11ClN2O2/c1-2-13-5-7-10-6(4-9)3-8(12)11-7/h3H,2,4-5H2,1H3,(H,10,11,12). The van der Waals surface area contributed by atoms with Gasteiger partial charge in [-0.1, -0.05) is 0 Å². The first-order chi connectivity index (χ1) is 6.26. The van der Waals surface area contributed by atoms with Crippen LogP contribution in [0, 0.1) is 0 Å². The Morgan fingerprint density at radius 3 is 3.08 bits per heavy atom. The van der Waals surface area contributed by atoms with Crippen LogP contribution in [-0.2, 0) is 17.2 Å². The zero-order valence-electron chi connectivity index (χ0n) is 7.34. The second-order valence-corrected chi connectivity index (χ2v) is 2.72. The van der Waals surface area contributed by atoms with Crippen LogP contribution in [0.15, 0.2) is 10.9 Å². The van der Waals surface area contributed by atoms with Crippen LogP contribution in [-0.4, -0.2) is 16.6 Å². The third-order valence-electron chi connectivity index (χ3n) is 1.42. The predicted molar refractivity (Wildman–Crippen MR) is 49.7 cm³/mol. The molecule has 72 valence electrons. The Bertz CT molecular complexity index is 324. The molecule has 5 heteroatoms. The Labute approximate surface area is 80.9 Å². The van der Waals surface area contributed by atoms with E-state index in [1.807, 2.05) is 6.92 Å². The van der Waals surface area contributed by atoms with Crippen molar-refractivity contribution in [1.29, 1.82) is 0 Å². The summed E-state index contributed by atoms with van der Waals surface area (Å²) in [6, 6.07) is 1.38. The van der Waals surface area contributed by atoms with Crippen molar-refractivity contribution in [3.05, 3.63) is 27.9 Å². The Balaban J connectivity index is 2.82. The lowest BCUT2D eigenvalue weighted by molar-refractivity contribution is 0.128. The molecule has 0 saturated heterocycles. The second-order valence-electron chi connectivity index (χ2n) is 2.45. The summed E-state index contributed by atoms with van der Waals surface area (Å²) >= 11 is 5.55. The van der Waals surface area contributed by atoms with Crippen molar-refractivity contribution in [2.45, 2.75) is 19.4 Å². The molecule has 0 atom stereocenters. The lowest BCUT2D eigenvalue weighted by atomic mass is 10.4. The summed E-state index contributed by atoms with van der Waals surface area (Å²) in [4.78, 5) is 17.7. The SMILES string of the molecule is CCOCc1nc(CCl)cc(=O)[nH]1. The average Bonchev–Trinajstić information content (AvgIpc) is 2.14. The van der Waals surface area contributed by atoms with Gasteiger partial charge in [0.05, 0.1) is 11.6 Å². The van der Waals surface area contributed by atoms with Gasteiger partial charge in [0.2, 0.25) is 0 Å². The summed E-state index contributed by atoms with van der Waals surface area (Å²) in [6.07, 6.45) is 0. The Kier molecular flexibility index (Phi) is 3.92. The molecule has 0 aromatic carbocycles. The van der Waals surface area contributed by atoms with E-state index in [0.29, 0.717) is 24.7 Å². The van der Waals surface area contributed by atoms with Gasteiger partial charge in [0.15, 0.2) is 0 Å². The van der Waals surface area contributed by atoms with Crippen LogP contribution in [0.4, 0.5) is 0 Å². The zero-order chi connectivity index (χ0) is 9.68. The normalized spacial score (nSPS) is 10.3. The van der Waals surface area contributed by atoms with Crippen LogP contribution in [0.2, 0.25) is 0 Å². The van der Waals surface area contributed by atoms with E-state index in [1.165, 1.54) is 6.07 Å². The first-order valence-electron chi connectivity index (χ1n) is 3.99. The second kappa shape index (κ2) is 4.99. The number of nitrogens with zero attached hydrogens (tertiary/aromatic N) is 1. The van der Waals surface area contributed by atoms with Crippen LogP contribution in [0.25, 0.3) is 0 Å². The van der Waals surface area contributed by atoms with E-state index < -0.39 is 0 Å². The van der Waals surface area contributed by atoms with Crippen LogP contribution in [0.1, 0.15) is 18.4 Å². The van der Waals surface area contributed by atoms with Crippen molar-refractivity contribution in [2.24, 2.45) is 0 Å². The largest absolute Gasteiger partial charge is 0.374 e. The molecule has 1 aromatic rings. The summed E-state index contributed by atoms with van der Waals surface area (Å²) in [5.74, 6) is 0.758. The number of aromatic amines is 1. The maximum atomic E-state index is 11.0. The van der Waals surface area contributed by atoms with Crippen molar-refractivity contribution < 1.29 is 4.74 Å². The number of H-pyrrole nitrogens is 1. The molecule has 0 aliphatic heterocycles. The molecule has 0 aliphatic rings. The van der Waals surface area contributed by atoms with E-state index >= 15 is 0 Å². The summed E-state index contributed by atoms with van der Waals surface area (Å²) in [5, 5.41) is 0. The monoisotopic (exact) mass is 202 g/mol. The number of rotatable bonds is 4. The summed E-state index contributed by atoms with van der Waals surface area (Å²) in [6.45, 7) is 2.79. The van der Waals surface area contributed by atoms with E-state index in [0.717, 1.165) is 0 Å². The molecule has 1 rings (SSSR count). The molecule has 0 spiro atoms. The fourth-order valence-electron chi connectivity index (χ4n) is 0.899. The first-order valence-corrected chi connectivity index (χ1v) is 4.52. The molecule has 0 saturated carbocycles. The van der Waals surface area contributed by atoms with Gasteiger partial charge in [0, 0.05) is 12.7 Å². The third kappa shape index (κ3) is 3.16. The van der Waals surface area contributed by atoms with E-state index in [2.05, 4.69) is 9.97 Å². The van der Waals surface area contributed by atoms with Crippen LogP contribution in [0.3, 0.4) is 0 Å². The first kappa shape index (κ1) is 10.2. The topological polar surface area (TPSA) is 55.0 Å². The number of alkyl halides is 1. The predicted octanol–water partition coefficient (Wildman–Crippen LogP) is 1.05. The highest BCUT2D eigenvalue weighted by Gasteiger charge is 1.99. The molecule has 0 radical (unpaired) electrons.